The molecule has 0 spiro atoms. The number of nitrogens with one attached hydrogen (secondary N) is 1. The molecule has 5 atom stereocenters. The van der Waals surface area contributed by atoms with Crippen LogP contribution in [0.25, 0.3) is 0 Å². The first-order valence-electron chi connectivity index (χ1n) is 14.0. The van der Waals surface area contributed by atoms with Gasteiger partial charge in [0.05, 0.1) is 6.04 Å². The highest BCUT2D eigenvalue weighted by Crippen LogP contribution is 2.45. The lowest BCUT2D eigenvalue weighted by Crippen LogP contribution is -2.60. The maximum Gasteiger partial charge on any atom is 0.324 e. The Hall–Kier alpha value is -2.67. The van der Waals surface area contributed by atoms with E-state index in [0.717, 1.165) is 31.5 Å². The molecule has 7 nitrogen and oxygen atoms in total. The zero-order valence-corrected chi connectivity index (χ0v) is 21.1. The fraction of sp³-hybridized carbons (Fsp3) is 0.621. The molecule has 1 aromatic carbocycles. The number of hydrogen-bond donors (Lipinski definition) is 1. The van der Waals surface area contributed by atoms with Crippen molar-refractivity contribution in [3.05, 3.63) is 47.5 Å². The summed E-state index contributed by atoms with van der Waals surface area (Å²) in [7, 11) is 0. The summed E-state index contributed by atoms with van der Waals surface area (Å²) in [5.74, 6) is 1.11. The standard InChI is InChI=1S/C29H38N4O3/c34-26(12-11-24-28(35)33(29(36)30-24)16-13-20-7-2-1-3-8-20)32-15-6-9-21-17-22-18-23(27(21)32)19-31-14-5-4-10-25(22)31/h1-3,7-8,17,22-25,27H,4-6,9-16,18-19H2,(H,30,36)/t22-,23+,24?,25?,27?/m1/s1. The first kappa shape index (κ1) is 23.7. The van der Waals surface area contributed by atoms with Gasteiger partial charge in [-0.05, 0) is 68.9 Å². The van der Waals surface area contributed by atoms with Crippen LogP contribution in [0.2, 0.25) is 0 Å². The third-order valence-electron chi connectivity index (χ3n) is 9.20. The molecule has 2 bridgehead atoms. The van der Waals surface area contributed by atoms with E-state index >= 15 is 0 Å². The Labute approximate surface area is 213 Å². The Morgan fingerprint density at radius 1 is 1.06 bits per heavy atom. The van der Waals surface area contributed by atoms with Crippen molar-refractivity contribution in [1.82, 2.24) is 20.0 Å². The summed E-state index contributed by atoms with van der Waals surface area (Å²) in [6.07, 6.45) is 11.1. The van der Waals surface area contributed by atoms with Gasteiger partial charge in [0.25, 0.3) is 5.91 Å². The molecule has 3 unspecified atom stereocenters. The Morgan fingerprint density at radius 3 is 2.78 bits per heavy atom. The number of amides is 4. The van der Waals surface area contributed by atoms with Gasteiger partial charge in [-0.1, -0.05) is 48.4 Å². The van der Waals surface area contributed by atoms with Crippen LogP contribution in [0.15, 0.2) is 42.0 Å². The van der Waals surface area contributed by atoms with E-state index < -0.39 is 6.04 Å². The number of piperidine rings is 3. The monoisotopic (exact) mass is 490 g/mol. The Balaban J connectivity index is 1.07. The SMILES string of the molecule is O=C1NC(CCC(=O)N2CCCC3=C[C@@H]4C[C@@H](CN5CCCCC45)C32)C(=O)N1CCc1ccccc1. The lowest BCUT2D eigenvalue weighted by molar-refractivity contribution is -0.136. The van der Waals surface area contributed by atoms with Crippen molar-refractivity contribution in [2.75, 3.05) is 26.2 Å². The number of rotatable bonds is 6. The van der Waals surface area contributed by atoms with Crippen LogP contribution >= 0.6 is 0 Å². The average molecular weight is 491 g/mol. The van der Waals surface area contributed by atoms with E-state index in [1.54, 1.807) is 0 Å². The van der Waals surface area contributed by atoms with E-state index in [4.69, 9.17) is 0 Å². The van der Waals surface area contributed by atoms with Crippen molar-refractivity contribution in [1.29, 1.82) is 0 Å². The van der Waals surface area contributed by atoms with Gasteiger partial charge in [0.15, 0.2) is 0 Å². The summed E-state index contributed by atoms with van der Waals surface area (Å²) in [6.45, 7) is 3.48. The van der Waals surface area contributed by atoms with Crippen LogP contribution in [0.3, 0.4) is 0 Å². The number of carbonyl (C=O) groups is 3. The van der Waals surface area contributed by atoms with E-state index in [1.165, 1.54) is 42.7 Å². The molecular formula is C29H38N4O3. The molecule has 5 aliphatic rings. The fourth-order valence-corrected chi connectivity index (χ4v) is 7.53. The molecule has 0 saturated carbocycles. The number of fused-ring (bicyclic) bond motifs is 6. The molecule has 36 heavy (non-hydrogen) atoms. The second-order valence-electron chi connectivity index (χ2n) is 11.4. The van der Waals surface area contributed by atoms with E-state index in [9.17, 15) is 14.4 Å². The van der Waals surface area contributed by atoms with Crippen molar-refractivity contribution in [3.63, 3.8) is 0 Å². The highest BCUT2D eigenvalue weighted by Gasteiger charge is 2.47. The minimum atomic E-state index is -0.600. The fourth-order valence-electron chi connectivity index (χ4n) is 7.53. The number of imide groups is 1. The molecular weight excluding hydrogens is 452 g/mol. The number of carbonyl (C=O) groups excluding carboxylic acids is 3. The molecule has 4 fully saturated rings. The Kier molecular flexibility index (Phi) is 6.59. The minimum Gasteiger partial charge on any atom is -0.336 e. The van der Waals surface area contributed by atoms with Crippen LogP contribution in [0.5, 0.6) is 0 Å². The average Bonchev–Trinajstić information content (AvgIpc) is 3.18. The molecule has 6 rings (SSSR count). The van der Waals surface area contributed by atoms with Gasteiger partial charge < -0.3 is 10.2 Å². The van der Waals surface area contributed by atoms with Gasteiger partial charge in [0.2, 0.25) is 5.91 Å². The lowest BCUT2D eigenvalue weighted by Gasteiger charge is -2.54. The van der Waals surface area contributed by atoms with Crippen molar-refractivity contribution in [2.45, 2.75) is 75.9 Å². The van der Waals surface area contributed by atoms with Gasteiger partial charge in [-0.15, -0.1) is 0 Å². The van der Waals surface area contributed by atoms with Crippen LogP contribution in [-0.4, -0.2) is 76.8 Å². The summed E-state index contributed by atoms with van der Waals surface area (Å²) < 4.78 is 0. The lowest BCUT2D eigenvalue weighted by atomic mass is 9.68. The summed E-state index contributed by atoms with van der Waals surface area (Å²) >= 11 is 0. The van der Waals surface area contributed by atoms with Crippen LogP contribution in [-0.2, 0) is 16.0 Å². The van der Waals surface area contributed by atoms with Gasteiger partial charge in [-0.25, -0.2) is 4.79 Å². The molecule has 4 heterocycles. The van der Waals surface area contributed by atoms with E-state index in [0.29, 0.717) is 43.7 Å². The molecule has 7 heteroatoms. The number of nitrogens with zero attached hydrogens (tertiary/aromatic N) is 3. The predicted octanol–water partition coefficient (Wildman–Crippen LogP) is 3.35. The van der Waals surface area contributed by atoms with Gasteiger partial charge in [0.1, 0.15) is 6.04 Å². The quantitative estimate of drug-likeness (QED) is 0.490. The summed E-state index contributed by atoms with van der Waals surface area (Å²) in [5, 5.41) is 2.82. The Bertz CT molecular complexity index is 1040. The predicted molar refractivity (Wildman–Crippen MR) is 137 cm³/mol. The first-order valence-corrected chi connectivity index (χ1v) is 14.0. The summed E-state index contributed by atoms with van der Waals surface area (Å²) in [5.41, 5.74) is 2.58. The number of likely N-dealkylation sites (tertiary alicyclic amines) is 1. The largest absolute Gasteiger partial charge is 0.336 e. The van der Waals surface area contributed by atoms with Crippen LogP contribution in [0.4, 0.5) is 4.79 Å². The molecule has 1 aromatic rings. The topological polar surface area (TPSA) is 73.0 Å². The highest BCUT2D eigenvalue weighted by molar-refractivity contribution is 6.04. The Morgan fingerprint density at radius 2 is 1.92 bits per heavy atom. The zero-order valence-electron chi connectivity index (χ0n) is 21.1. The second kappa shape index (κ2) is 10.0. The molecule has 4 aliphatic heterocycles. The maximum absolute atomic E-state index is 13.5. The molecule has 4 amide bonds. The van der Waals surface area contributed by atoms with E-state index in [-0.39, 0.29) is 23.9 Å². The summed E-state index contributed by atoms with van der Waals surface area (Å²) in [4.78, 5) is 45.0. The van der Waals surface area contributed by atoms with Gasteiger partial charge in [-0.2, -0.15) is 0 Å². The molecule has 0 radical (unpaired) electrons. The summed E-state index contributed by atoms with van der Waals surface area (Å²) in [6, 6.07) is 9.86. The third-order valence-corrected chi connectivity index (χ3v) is 9.20. The van der Waals surface area contributed by atoms with Gasteiger partial charge >= 0.3 is 6.03 Å². The minimum absolute atomic E-state index is 0.134. The van der Waals surface area contributed by atoms with Crippen LogP contribution in [0, 0.1) is 11.8 Å². The van der Waals surface area contributed by atoms with Crippen molar-refractivity contribution >= 4 is 17.8 Å². The van der Waals surface area contributed by atoms with Crippen molar-refractivity contribution < 1.29 is 14.4 Å². The van der Waals surface area contributed by atoms with E-state index in [2.05, 4.69) is 21.2 Å². The van der Waals surface area contributed by atoms with Crippen molar-refractivity contribution in [3.8, 4) is 0 Å². The van der Waals surface area contributed by atoms with Crippen molar-refractivity contribution in [2.24, 2.45) is 11.8 Å². The molecule has 1 N–H and O–H groups in total. The number of benzene rings is 1. The van der Waals surface area contributed by atoms with Gasteiger partial charge in [0, 0.05) is 32.1 Å². The zero-order chi connectivity index (χ0) is 24.6. The smallest absolute Gasteiger partial charge is 0.324 e. The molecule has 4 saturated heterocycles. The highest BCUT2D eigenvalue weighted by atomic mass is 16.2. The molecule has 192 valence electrons. The second-order valence-corrected chi connectivity index (χ2v) is 11.4. The molecule has 1 aliphatic carbocycles. The van der Waals surface area contributed by atoms with Crippen LogP contribution in [0.1, 0.15) is 56.9 Å². The number of urea groups is 1. The third kappa shape index (κ3) is 4.47. The van der Waals surface area contributed by atoms with Crippen LogP contribution < -0.4 is 5.32 Å². The normalized spacial score (nSPS) is 32.0. The molecule has 0 aromatic heterocycles. The van der Waals surface area contributed by atoms with E-state index in [1.807, 2.05) is 30.3 Å². The maximum atomic E-state index is 13.5. The number of hydrogen-bond acceptors (Lipinski definition) is 4. The van der Waals surface area contributed by atoms with Gasteiger partial charge in [-0.3, -0.25) is 19.4 Å². The first-order chi connectivity index (χ1) is 17.6.